The molecule has 0 saturated carbocycles. The fourth-order valence-electron chi connectivity index (χ4n) is 6.48. The van der Waals surface area contributed by atoms with Gasteiger partial charge in [0.05, 0.1) is 18.8 Å². The average molecular weight is 859 g/mol. The van der Waals surface area contributed by atoms with E-state index in [9.17, 15) is 24.6 Å². The molecule has 0 aliphatic rings. The van der Waals surface area contributed by atoms with E-state index in [0.29, 0.717) is 32.5 Å². The summed E-state index contributed by atoms with van der Waals surface area (Å²) in [7, 11) is 1.94. The van der Waals surface area contributed by atoms with Crippen molar-refractivity contribution in [3.63, 3.8) is 0 Å². The minimum Gasteiger partial charge on any atom is -1.00 e. The van der Waals surface area contributed by atoms with Gasteiger partial charge in [-0.1, -0.05) is 135 Å². The van der Waals surface area contributed by atoms with Crippen molar-refractivity contribution in [3.05, 3.63) is 24.3 Å². The number of halogens is 1. The Kier molecular flexibility index (Phi) is 52.4. The van der Waals surface area contributed by atoms with Crippen molar-refractivity contribution in [1.82, 2.24) is 20.9 Å². The van der Waals surface area contributed by atoms with Crippen LogP contribution in [0.4, 0.5) is 0 Å². The molecule has 0 rings (SSSR count). The van der Waals surface area contributed by atoms with Gasteiger partial charge in [0, 0.05) is 59.0 Å². The van der Waals surface area contributed by atoms with Gasteiger partial charge in [-0.3, -0.25) is 19.3 Å². The number of allylic oxidation sites excluding steroid dienone is 2. The number of likely N-dealkylation sites (N-methyl/N-ethyl adjacent to an activating group) is 1. The third kappa shape index (κ3) is 52.1. The van der Waals surface area contributed by atoms with Crippen molar-refractivity contribution < 1.29 is 41.7 Å². The van der Waals surface area contributed by atoms with Crippen LogP contribution >= 0.6 is 0 Å². The summed E-state index contributed by atoms with van der Waals surface area (Å²) in [6.45, 7) is 12.9. The fourth-order valence-corrected chi connectivity index (χ4v) is 6.48. The monoisotopic (exact) mass is 858 g/mol. The Morgan fingerprint density at radius 2 is 0.966 bits per heavy atom. The molecule has 2 atom stereocenters. The number of aliphatic hydroxyl groups is 2. The minimum absolute atomic E-state index is 0. The number of ether oxygens (including phenoxy) is 1. The molecule has 0 spiro atoms. The van der Waals surface area contributed by atoms with Gasteiger partial charge in [-0.15, -0.1) is 0 Å². The van der Waals surface area contributed by atoms with Crippen LogP contribution in [-0.2, 0) is 19.1 Å². The normalized spacial score (nSPS) is 12.3. The summed E-state index contributed by atoms with van der Waals surface area (Å²) in [6, 6.07) is 0. The Balaban J connectivity index is -0.00000356. The molecule has 0 aromatic carbocycles. The van der Waals surface area contributed by atoms with Crippen LogP contribution < -0.4 is 28.4 Å². The van der Waals surface area contributed by atoms with Crippen LogP contribution in [0.3, 0.4) is 0 Å². The minimum atomic E-state index is -0.193. The second-order valence-corrected chi connectivity index (χ2v) is 16.0. The lowest BCUT2D eigenvalue weighted by atomic mass is 10.1. The van der Waals surface area contributed by atoms with Gasteiger partial charge >= 0.3 is 5.97 Å². The molecule has 0 aliphatic heterocycles. The molecule has 0 aromatic heterocycles. The molecule has 0 bridgehead atoms. The molecular weight excluding hydrogens is 764 g/mol. The summed E-state index contributed by atoms with van der Waals surface area (Å²) in [5, 5.41) is 29.4. The first-order chi connectivity index (χ1) is 28.2. The molecular formula is C48H94ClN4O6-. The first-order valence-electron chi connectivity index (χ1n) is 23.9. The molecule has 0 aromatic rings. The second-order valence-electron chi connectivity index (χ2n) is 16.0. The molecule has 0 heterocycles. The van der Waals surface area contributed by atoms with E-state index in [1.165, 1.54) is 71.1 Å². The lowest BCUT2D eigenvalue weighted by molar-refractivity contribution is -0.141. The highest BCUT2D eigenvalue weighted by Gasteiger charge is 2.08. The van der Waals surface area contributed by atoms with Crippen LogP contribution in [0.5, 0.6) is 0 Å². The number of carbonyl (C=O) groups is 3. The van der Waals surface area contributed by atoms with Crippen molar-refractivity contribution in [3.8, 4) is 0 Å². The second kappa shape index (κ2) is 50.4. The predicted molar refractivity (Wildman–Crippen MR) is 245 cm³/mol. The highest BCUT2D eigenvalue weighted by molar-refractivity contribution is 5.76. The largest absolute Gasteiger partial charge is 1.00 e. The molecule has 2 unspecified atom stereocenters. The van der Waals surface area contributed by atoms with E-state index in [2.05, 4.69) is 63.7 Å². The number of carbonyl (C=O) groups excluding carboxylic acids is 3. The van der Waals surface area contributed by atoms with Crippen LogP contribution in [0.15, 0.2) is 24.3 Å². The maximum Gasteiger partial charge on any atom is 0.302 e. The number of esters is 1. The number of unbranched alkanes of at least 4 members (excludes halogenated alkanes) is 16. The number of hydrogen-bond donors (Lipinski definition) is 5. The molecule has 350 valence electrons. The van der Waals surface area contributed by atoms with Crippen LogP contribution in [0.2, 0.25) is 0 Å². The number of hydrogen-bond acceptors (Lipinski definition) is 8. The Labute approximate surface area is 369 Å². The first-order valence-corrected chi connectivity index (χ1v) is 23.9. The van der Waals surface area contributed by atoms with Gasteiger partial charge < -0.3 is 43.3 Å². The Morgan fingerprint density at radius 1 is 0.559 bits per heavy atom. The number of aliphatic hydroxyl groups excluding tert-OH is 2. The summed E-state index contributed by atoms with van der Waals surface area (Å²) >= 11 is 0. The average Bonchev–Trinajstić information content (AvgIpc) is 3.20. The standard InChI is InChI=1S/C43H84N4O4.C5H10O2.ClH/c1-4-6-8-22-28-40(48)30-24-18-14-10-12-16-20-26-32-42(50)45-35-38-47(37-34-44-3)39-36-46-43(51)33-27-21-17-13-11-15-19-25-31-41(49)29-23-9-7-5-2;1-3-4-7-5(2)6;/h18-19,24-25,40-41,44,48-49H,4-17,20-23,26-39H2,1-3H3,(H,45,50)(H,46,51);3-4H2,1-2H3;1H/p-1. The summed E-state index contributed by atoms with van der Waals surface area (Å²) < 4.78 is 4.55. The fraction of sp³-hybridized carbons (Fsp3) is 0.854. The van der Waals surface area contributed by atoms with Gasteiger partial charge in [0.1, 0.15) is 0 Å². The zero-order chi connectivity index (χ0) is 43.2. The van der Waals surface area contributed by atoms with Crippen molar-refractivity contribution in [1.29, 1.82) is 0 Å². The van der Waals surface area contributed by atoms with E-state index in [-0.39, 0.29) is 42.4 Å². The van der Waals surface area contributed by atoms with Crippen molar-refractivity contribution in [2.75, 3.05) is 52.9 Å². The number of nitrogens with one attached hydrogen (secondary N) is 3. The number of rotatable bonds is 41. The summed E-state index contributed by atoms with van der Waals surface area (Å²) in [6.07, 6.45) is 36.7. The summed E-state index contributed by atoms with van der Waals surface area (Å²) in [4.78, 5) is 37.0. The highest BCUT2D eigenvalue weighted by Crippen LogP contribution is 2.12. The summed E-state index contributed by atoms with van der Waals surface area (Å²) in [5.74, 6) is 0.0718. The molecule has 0 radical (unpaired) electrons. The maximum atomic E-state index is 12.4. The zero-order valence-corrected chi connectivity index (χ0v) is 39.6. The number of amides is 2. The quantitative estimate of drug-likeness (QED) is 0.0260. The maximum absolute atomic E-state index is 12.4. The third-order valence-electron chi connectivity index (χ3n) is 10.2. The lowest BCUT2D eigenvalue weighted by Gasteiger charge is -2.22. The first kappa shape index (κ1) is 61.3. The topological polar surface area (TPSA) is 140 Å². The van der Waals surface area contributed by atoms with Crippen molar-refractivity contribution in [2.24, 2.45) is 0 Å². The molecule has 11 heteroatoms. The van der Waals surface area contributed by atoms with Gasteiger partial charge in [0.25, 0.3) is 0 Å². The van der Waals surface area contributed by atoms with E-state index in [4.69, 9.17) is 0 Å². The van der Waals surface area contributed by atoms with E-state index in [1.54, 1.807) is 0 Å². The predicted octanol–water partition coefficient (Wildman–Crippen LogP) is 6.72. The van der Waals surface area contributed by atoms with E-state index >= 15 is 0 Å². The van der Waals surface area contributed by atoms with Crippen LogP contribution in [-0.4, -0.2) is 98.0 Å². The van der Waals surface area contributed by atoms with Crippen molar-refractivity contribution >= 4 is 17.8 Å². The van der Waals surface area contributed by atoms with Crippen LogP contribution in [0.25, 0.3) is 0 Å². The van der Waals surface area contributed by atoms with Gasteiger partial charge in [0.15, 0.2) is 0 Å². The van der Waals surface area contributed by atoms with E-state index < -0.39 is 0 Å². The molecule has 2 amide bonds. The highest BCUT2D eigenvalue weighted by atomic mass is 35.5. The Bertz CT molecular complexity index is 908. The zero-order valence-electron chi connectivity index (χ0n) is 38.9. The molecule has 0 fully saturated rings. The smallest absolute Gasteiger partial charge is 0.302 e. The molecule has 10 nitrogen and oxygen atoms in total. The van der Waals surface area contributed by atoms with Gasteiger partial charge in [-0.25, -0.2) is 0 Å². The SMILES string of the molecule is CCCCCCC(O)CC=CCCCCCCCC(=O)NCCN(CCNC)CCNC(=O)CCCCCCCC=CCC(O)CCCCCC.CCCOC(C)=O.[Cl-]. The van der Waals surface area contributed by atoms with Crippen LogP contribution in [0, 0.1) is 0 Å². The molecule has 5 N–H and O–H groups in total. The Morgan fingerprint density at radius 3 is 1.36 bits per heavy atom. The molecule has 0 saturated heterocycles. The molecule has 59 heavy (non-hydrogen) atoms. The lowest BCUT2D eigenvalue weighted by Crippen LogP contribution is -3.00. The number of nitrogens with zero attached hydrogens (tertiary/aromatic N) is 1. The van der Waals surface area contributed by atoms with E-state index in [1.807, 2.05) is 14.0 Å². The Hall–Kier alpha value is -1.98. The van der Waals surface area contributed by atoms with Gasteiger partial charge in [-0.05, 0) is 77.7 Å². The van der Waals surface area contributed by atoms with Gasteiger partial charge in [0.2, 0.25) is 11.8 Å². The van der Waals surface area contributed by atoms with Crippen LogP contribution in [0.1, 0.15) is 201 Å². The van der Waals surface area contributed by atoms with Gasteiger partial charge in [-0.2, -0.15) is 0 Å². The molecule has 0 aliphatic carbocycles. The van der Waals surface area contributed by atoms with E-state index in [0.717, 1.165) is 122 Å². The third-order valence-corrected chi connectivity index (χ3v) is 10.2. The van der Waals surface area contributed by atoms with Crippen molar-refractivity contribution in [2.45, 2.75) is 213 Å². The summed E-state index contributed by atoms with van der Waals surface area (Å²) in [5.41, 5.74) is 0.